The molecule has 0 amide bonds. The fourth-order valence-electron chi connectivity index (χ4n) is 3.46. The Hall–Kier alpha value is -2.66. The Morgan fingerprint density at radius 2 is 1.83 bits per heavy atom. The molecule has 0 aromatic heterocycles. The molecule has 3 rings (SSSR count). The highest BCUT2D eigenvalue weighted by molar-refractivity contribution is 6.30. The summed E-state index contributed by atoms with van der Waals surface area (Å²) in [7, 11) is 0. The van der Waals surface area contributed by atoms with Gasteiger partial charge in [0, 0.05) is 11.6 Å². The summed E-state index contributed by atoms with van der Waals surface area (Å²) in [5.74, 6) is -0.903. The number of rotatable bonds is 9. The summed E-state index contributed by atoms with van der Waals surface area (Å²) >= 11 is 5.97. The van der Waals surface area contributed by atoms with Gasteiger partial charge in [-0.15, -0.1) is 0 Å². The number of halogens is 1. The van der Waals surface area contributed by atoms with Crippen LogP contribution in [-0.4, -0.2) is 29.3 Å². The van der Waals surface area contributed by atoms with Crippen LogP contribution in [0.4, 0.5) is 0 Å². The third kappa shape index (κ3) is 5.70. The molecule has 0 saturated heterocycles. The summed E-state index contributed by atoms with van der Waals surface area (Å²) in [5, 5.41) is 23.3. The van der Waals surface area contributed by atoms with E-state index in [0.29, 0.717) is 17.1 Å². The standard InChI is InChI=1S/C25H26ClNO3/c1-2-18-14-21(25(29)30)10-11-23(18)19-8-6-17(7-9-19)12-13-27-16-24(28)20-4-3-5-22(26)15-20/h3-11,14-15,24,27-28H,2,12-13,16H2,1H3,(H,29,30)/t24-/m1/s1. The minimum atomic E-state index is -0.903. The molecule has 0 fully saturated rings. The van der Waals surface area contributed by atoms with Crippen LogP contribution in [-0.2, 0) is 12.8 Å². The summed E-state index contributed by atoms with van der Waals surface area (Å²) < 4.78 is 0. The van der Waals surface area contributed by atoms with E-state index in [0.717, 1.165) is 41.6 Å². The Morgan fingerprint density at radius 3 is 2.50 bits per heavy atom. The first-order valence-electron chi connectivity index (χ1n) is 10.1. The lowest BCUT2D eigenvalue weighted by Crippen LogP contribution is -2.23. The van der Waals surface area contributed by atoms with Crippen LogP contribution in [0.3, 0.4) is 0 Å². The largest absolute Gasteiger partial charge is 0.478 e. The number of carboxylic acid groups (broad SMARTS) is 1. The highest BCUT2D eigenvalue weighted by atomic mass is 35.5. The van der Waals surface area contributed by atoms with Crippen LogP contribution in [0.25, 0.3) is 11.1 Å². The molecule has 30 heavy (non-hydrogen) atoms. The number of aliphatic hydroxyl groups is 1. The van der Waals surface area contributed by atoms with Gasteiger partial charge in [-0.05, 0) is 71.5 Å². The van der Waals surface area contributed by atoms with Gasteiger partial charge in [0.2, 0.25) is 0 Å². The Morgan fingerprint density at radius 1 is 1.07 bits per heavy atom. The lowest BCUT2D eigenvalue weighted by Gasteiger charge is -2.13. The zero-order valence-corrected chi connectivity index (χ0v) is 17.7. The highest BCUT2D eigenvalue weighted by Crippen LogP contribution is 2.26. The lowest BCUT2D eigenvalue weighted by molar-refractivity contribution is 0.0696. The second kappa shape index (κ2) is 10.4. The van der Waals surface area contributed by atoms with Crippen LogP contribution in [0, 0.1) is 0 Å². The zero-order valence-electron chi connectivity index (χ0n) is 16.9. The maximum Gasteiger partial charge on any atom is 0.335 e. The van der Waals surface area contributed by atoms with Gasteiger partial charge < -0.3 is 15.5 Å². The molecule has 1 atom stereocenters. The number of aliphatic hydroxyl groups excluding tert-OH is 1. The number of hydrogen-bond acceptors (Lipinski definition) is 3. The number of hydrogen-bond donors (Lipinski definition) is 3. The van der Waals surface area contributed by atoms with Gasteiger partial charge in [-0.2, -0.15) is 0 Å². The topological polar surface area (TPSA) is 69.6 Å². The summed E-state index contributed by atoms with van der Waals surface area (Å²) in [6.07, 6.45) is 1.03. The second-order valence-electron chi connectivity index (χ2n) is 7.25. The Kier molecular flexibility index (Phi) is 7.63. The molecule has 0 spiro atoms. The van der Waals surface area contributed by atoms with Crippen molar-refractivity contribution in [3.05, 3.63) is 94.0 Å². The Bertz CT molecular complexity index is 1000. The van der Waals surface area contributed by atoms with Gasteiger partial charge in [-0.25, -0.2) is 4.79 Å². The van der Waals surface area contributed by atoms with Crippen molar-refractivity contribution in [2.24, 2.45) is 0 Å². The van der Waals surface area contributed by atoms with Gasteiger partial charge in [0.05, 0.1) is 11.7 Å². The van der Waals surface area contributed by atoms with Crippen molar-refractivity contribution >= 4 is 17.6 Å². The van der Waals surface area contributed by atoms with E-state index >= 15 is 0 Å². The fourth-order valence-corrected chi connectivity index (χ4v) is 3.65. The van der Waals surface area contributed by atoms with Crippen LogP contribution in [0.5, 0.6) is 0 Å². The molecule has 5 heteroatoms. The Balaban J connectivity index is 1.55. The second-order valence-corrected chi connectivity index (χ2v) is 7.69. The van der Waals surface area contributed by atoms with E-state index in [4.69, 9.17) is 11.6 Å². The minimum Gasteiger partial charge on any atom is -0.478 e. The number of aryl methyl sites for hydroxylation is 1. The quantitative estimate of drug-likeness (QED) is 0.417. The van der Waals surface area contributed by atoms with Gasteiger partial charge >= 0.3 is 5.97 Å². The van der Waals surface area contributed by atoms with Crippen molar-refractivity contribution in [3.63, 3.8) is 0 Å². The van der Waals surface area contributed by atoms with Crippen molar-refractivity contribution < 1.29 is 15.0 Å². The average Bonchev–Trinajstić information content (AvgIpc) is 2.76. The predicted octanol–water partition coefficient (Wildman–Crippen LogP) is 5.13. The molecule has 156 valence electrons. The van der Waals surface area contributed by atoms with Gasteiger partial charge in [-0.1, -0.05) is 61.0 Å². The molecule has 0 aliphatic carbocycles. The van der Waals surface area contributed by atoms with Crippen LogP contribution in [0.2, 0.25) is 5.02 Å². The minimum absolute atomic E-state index is 0.318. The molecule has 0 aliphatic heterocycles. The molecule has 0 heterocycles. The van der Waals surface area contributed by atoms with E-state index in [-0.39, 0.29) is 0 Å². The van der Waals surface area contributed by atoms with E-state index in [1.165, 1.54) is 5.56 Å². The van der Waals surface area contributed by atoms with Crippen molar-refractivity contribution in [3.8, 4) is 11.1 Å². The van der Waals surface area contributed by atoms with E-state index in [9.17, 15) is 15.0 Å². The van der Waals surface area contributed by atoms with Gasteiger partial charge in [0.1, 0.15) is 0 Å². The molecular weight excluding hydrogens is 398 g/mol. The van der Waals surface area contributed by atoms with Crippen LogP contribution in [0.1, 0.15) is 40.1 Å². The highest BCUT2D eigenvalue weighted by Gasteiger charge is 2.10. The normalized spacial score (nSPS) is 12.0. The monoisotopic (exact) mass is 423 g/mol. The Labute approximate surface area is 182 Å². The fraction of sp³-hybridized carbons (Fsp3) is 0.240. The first-order chi connectivity index (χ1) is 14.5. The van der Waals surface area contributed by atoms with Gasteiger partial charge in [0.25, 0.3) is 0 Å². The zero-order chi connectivity index (χ0) is 21.5. The van der Waals surface area contributed by atoms with E-state index in [1.807, 2.05) is 25.1 Å². The first kappa shape index (κ1) is 22.0. The summed E-state index contributed by atoms with van der Waals surface area (Å²) in [4.78, 5) is 11.2. The number of aromatic carboxylic acids is 1. The SMILES string of the molecule is CCc1cc(C(=O)O)ccc1-c1ccc(CCNC[C@@H](O)c2cccc(Cl)c2)cc1. The summed E-state index contributed by atoms with van der Waals surface area (Å²) in [6.45, 7) is 3.25. The molecule has 3 N–H and O–H groups in total. The maximum atomic E-state index is 11.2. The molecule has 3 aromatic carbocycles. The smallest absolute Gasteiger partial charge is 0.335 e. The van der Waals surface area contributed by atoms with Gasteiger partial charge in [-0.3, -0.25) is 0 Å². The molecular formula is C25H26ClNO3. The van der Waals surface area contributed by atoms with E-state index < -0.39 is 12.1 Å². The van der Waals surface area contributed by atoms with E-state index in [1.54, 1.807) is 24.3 Å². The third-order valence-electron chi connectivity index (χ3n) is 5.16. The molecule has 3 aromatic rings. The van der Waals surface area contributed by atoms with Crippen molar-refractivity contribution in [1.82, 2.24) is 5.32 Å². The van der Waals surface area contributed by atoms with Crippen molar-refractivity contribution in [1.29, 1.82) is 0 Å². The average molecular weight is 424 g/mol. The van der Waals surface area contributed by atoms with Gasteiger partial charge in [0.15, 0.2) is 0 Å². The molecule has 0 aliphatic rings. The number of nitrogens with one attached hydrogen (secondary N) is 1. The first-order valence-corrected chi connectivity index (χ1v) is 10.5. The van der Waals surface area contributed by atoms with Crippen LogP contribution in [0.15, 0.2) is 66.7 Å². The molecule has 0 bridgehead atoms. The van der Waals surface area contributed by atoms with Crippen LogP contribution >= 0.6 is 11.6 Å². The van der Waals surface area contributed by atoms with Crippen LogP contribution < -0.4 is 5.32 Å². The molecule has 0 radical (unpaired) electrons. The number of carbonyl (C=O) groups is 1. The van der Waals surface area contributed by atoms with Crippen molar-refractivity contribution in [2.75, 3.05) is 13.1 Å². The lowest BCUT2D eigenvalue weighted by atomic mass is 9.95. The molecule has 0 saturated carbocycles. The number of benzene rings is 3. The third-order valence-corrected chi connectivity index (χ3v) is 5.39. The summed E-state index contributed by atoms with van der Waals surface area (Å²) in [6, 6.07) is 20.9. The maximum absolute atomic E-state index is 11.2. The summed E-state index contributed by atoms with van der Waals surface area (Å²) in [5.41, 5.74) is 5.50. The molecule has 4 nitrogen and oxygen atoms in total. The number of carboxylic acids is 1. The predicted molar refractivity (Wildman–Crippen MR) is 121 cm³/mol. The molecule has 0 unspecified atom stereocenters. The van der Waals surface area contributed by atoms with Crippen molar-refractivity contribution in [2.45, 2.75) is 25.9 Å². The van der Waals surface area contributed by atoms with E-state index in [2.05, 4.69) is 29.6 Å².